The van der Waals surface area contributed by atoms with Crippen LogP contribution in [0.5, 0.6) is 0 Å². The van der Waals surface area contributed by atoms with Gasteiger partial charge in [0, 0.05) is 0 Å². The minimum Gasteiger partial charge on any atom is -0.479 e. The normalized spacial score (nSPS) is 14.8. The van der Waals surface area contributed by atoms with Crippen LogP contribution in [0.25, 0.3) is 0 Å². The molecule has 1 aromatic rings. The molecule has 20 heavy (non-hydrogen) atoms. The molecule has 112 valence electrons. The molecule has 0 saturated carbocycles. The van der Waals surface area contributed by atoms with Crippen molar-refractivity contribution in [3.05, 3.63) is 24.3 Å². The highest BCUT2D eigenvalue weighted by atomic mass is 32.2. The number of aliphatic carboxylic acids is 1. The van der Waals surface area contributed by atoms with E-state index in [0.29, 0.717) is 0 Å². The van der Waals surface area contributed by atoms with Gasteiger partial charge < -0.3 is 15.5 Å². The Bertz CT molecular complexity index is 601. The summed E-state index contributed by atoms with van der Waals surface area (Å²) in [6, 6.07) is 4.82. The SMILES string of the molecule is CC(O)(CNc1ccccc1S(=O)(=O)C(F)F)C(=O)O. The molecule has 9 heteroatoms. The van der Waals surface area contributed by atoms with E-state index in [9.17, 15) is 27.1 Å². The molecule has 3 N–H and O–H groups in total. The fraction of sp³-hybridized carbons (Fsp3) is 0.364. The lowest BCUT2D eigenvalue weighted by Gasteiger charge is -2.20. The maximum Gasteiger partial charge on any atom is 0.341 e. The van der Waals surface area contributed by atoms with Crippen molar-refractivity contribution < 1.29 is 32.2 Å². The zero-order valence-corrected chi connectivity index (χ0v) is 11.2. The first-order valence-corrected chi connectivity index (χ1v) is 6.94. The molecule has 0 amide bonds. The predicted octanol–water partition coefficient (Wildman–Crippen LogP) is 0.930. The Balaban J connectivity index is 3.08. The highest BCUT2D eigenvalue weighted by Crippen LogP contribution is 2.26. The largest absolute Gasteiger partial charge is 0.479 e. The number of aliphatic hydroxyl groups is 1. The summed E-state index contributed by atoms with van der Waals surface area (Å²) in [6.45, 7) is 0.449. The second-order valence-corrected chi connectivity index (χ2v) is 6.12. The average molecular weight is 309 g/mol. The molecule has 0 aromatic heterocycles. The Kier molecular flexibility index (Phi) is 4.66. The second-order valence-electron chi connectivity index (χ2n) is 4.23. The fourth-order valence-electron chi connectivity index (χ4n) is 1.30. The minimum atomic E-state index is -4.82. The summed E-state index contributed by atoms with van der Waals surface area (Å²) >= 11 is 0. The number of benzene rings is 1. The molecule has 1 atom stereocenters. The van der Waals surface area contributed by atoms with Gasteiger partial charge in [-0.15, -0.1) is 0 Å². The molecule has 0 saturated heterocycles. The molecule has 0 aliphatic carbocycles. The van der Waals surface area contributed by atoms with Crippen molar-refractivity contribution in [3.63, 3.8) is 0 Å². The summed E-state index contributed by atoms with van der Waals surface area (Å²) in [5.74, 6) is -5.12. The Morgan fingerprint density at radius 1 is 1.40 bits per heavy atom. The van der Waals surface area contributed by atoms with Crippen molar-refractivity contribution in [3.8, 4) is 0 Å². The summed E-state index contributed by atoms with van der Waals surface area (Å²) in [6.07, 6.45) is 0. The van der Waals surface area contributed by atoms with Crippen molar-refractivity contribution in [1.29, 1.82) is 0 Å². The maximum atomic E-state index is 12.5. The van der Waals surface area contributed by atoms with E-state index in [1.54, 1.807) is 0 Å². The van der Waals surface area contributed by atoms with Crippen LogP contribution >= 0.6 is 0 Å². The molecule has 0 radical (unpaired) electrons. The van der Waals surface area contributed by atoms with Crippen molar-refractivity contribution in [1.82, 2.24) is 0 Å². The van der Waals surface area contributed by atoms with E-state index >= 15 is 0 Å². The molecule has 6 nitrogen and oxygen atoms in total. The highest BCUT2D eigenvalue weighted by Gasteiger charge is 2.32. The first-order chi connectivity index (χ1) is 9.09. The van der Waals surface area contributed by atoms with Gasteiger partial charge >= 0.3 is 11.7 Å². The zero-order chi connectivity index (χ0) is 15.6. The molecular weight excluding hydrogens is 296 g/mol. The van der Waals surface area contributed by atoms with Crippen LogP contribution < -0.4 is 5.32 Å². The van der Waals surface area contributed by atoms with Crippen LogP contribution in [0, 0.1) is 0 Å². The number of nitrogens with one attached hydrogen (secondary N) is 1. The summed E-state index contributed by atoms with van der Waals surface area (Å²) in [4.78, 5) is 10.0. The van der Waals surface area contributed by atoms with E-state index in [1.165, 1.54) is 18.2 Å². The van der Waals surface area contributed by atoms with Crippen molar-refractivity contribution in [2.45, 2.75) is 23.2 Å². The number of hydrogen-bond acceptors (Lipinski definition) is 5. The smallest absolute Gasteiger partial charge is 0.341 e. The van der Waals surface area contributed by atoms with Crippen molar-refractivity contribution in [2.24, 2.45) is 0 Å². The molecule has 1 rings (SSSR count). The van der Waals surface area contributed by atoms with Gasteiger partial charge in [-0.05, 0) is 19.1 Å². The Hall–Kier alpha value is -1.74. The number of carbonyl (C=O) groups is 1. The summed E-state index contributed by atoms with van der Waals surface area (Å²) in [5.41, 5.74) is -2.36. The molecule has 0 heterocycles. The van der Waals surface area contributed by atoms with E-state index in [4.69, 9.17) is 5.11 Å². The first-order valence-electron chi connectivity index (χ1n) is 5.40. The van der Waals surface area contributed by atoms with Crippen LogP contribution in [0.15, 0.2) is 29.2 Å². The van der Waals surface area contributed by atoms with Gasteiger partial charge in [0.05, 0.1) is 17.1 Å². The van der Waals surface area contributed by atoms with Crippen molar-refractivity contribution in [2.75, 3.05) is 11.9 Å². The topological polar surface area (TPSA) is 104 Å². The van der Waals surface area contributed by atoms with Gasteiger partial charge in [0.1, 0.15) is 0 Å². The van der Waals surface area contributed by atoms with Gasteiger partial charge in [-0.3, -0.25) is 0 Å². The number of para-hydroxylation sites is 1. The quantitative estimate of drug-likeness (QED) is 0.722. The summed E-state index contributed by atoms with van der Waals surface area (Å²) in [7, 11) is -4.82. The third kappa shape index (κ3) is 3.42. The number of halogens is 2. The van der Waals surface area contributed by atoms with E-state index in [1.807, 2.05) is 0 Å². The van der Waals surface area contributed by atoms with Gasteiger partial charge in [-0.25, -0.2) is 13.2 Å². The fourth-order valence-corrected chi connectivity index (χ4v) is 2.21. The highest BCUT2D eigenvalue weighted by molar-refractivity contribution is 7.91. The van der Waals surface area contributed by atoms with Gasteiger partial charge in [0.2, 0.25) is 9.84 Å². The predicted molar refractivity (Wildman–Crippen MR) is 66.4 cm³/mol. The summed E-state index contributed by atoms with van der Waals surface area (Å²) < 4.78 is 47.9. The van der Waals surface area contributed by atoms with Crippen LogP contribution in [0.1, 0.15) is 6.92 Å². The first kappa shape index (κ1) is 16.3. The minimum absolute atomic E-state index is 0.200. The van der Waals surface area contributed by atoms with E-state index in [-0.39, 0.29) is 5.69 Å². The third-order valence-electron chi connectivity index (χ3n) is 2.51. The number of hydrogen-bond donors (Lipinski definition) is 3. The molecule has 1 unspecified atom stereocenters. The molecule has 0 fully saturated rings. The van der Waals surface area contributed by atoms with Crippen LogP contribution in [0.2, 0.25) is 0 Å². The number of carboxylic acids is 1. The summed E-state index contributed by atoms with van der Waals surface area (Å²) in [5, 5.41) is 20.6. The molecule has 0 bridgehead atoms. The van der Waals surface area contributed by atoms with Gasteiger partial charge in [-0.1, -0.05) is 12.1 Å². The van der Waals surface area contributed by atoms with Crippen LogP contribution in [-0.4, -0.2) is 42.5 Å². The standard InChI is InChI=1S/C11H13F2NO5S/c1-11(17,9(15)16)6-14-7-4-2-3-5-8(7)20(18,19)10(12)13/h2-5,10,14,17H,6H2,1H3,(H,15,16). The maximum absolute atomic E-state index is 12.5. The Labute approximate surface area is 114 Å². The van der Waals surface area contributed by atoms with Gasteiger partial charge in [0.15, 0.2) is 5.60 Å². The molecule has 1 aromatic carbocycles. The van der Waals surface area contributed by atoms with E-state index in [0.717, 1.165) is 13.0 Å². The zero-order valence-electron chi connectivity index (χ0n) is 10.4. The Morgan fingerprint density at radius 3 is 2.45 bits per heavy atom. The Morgan fingerprint density at radius 2 is 1.95 bits per heavy atom. The lowest BCUT2D eigenvalue weighted by molar-refractivity contribution is -0.155. The number of alkyl halides is 2. The van der Waals surface area contributed by atoms with Crippen LogP contribution in [0.3, 0.4) is 0 Å². The molecule has 0 aliphatic heterocycles. The lowest BCUT2D eigenvalue weighted by Crippen LogP contribution is -2.42. The van der Waals surface area contributed by atoms with Gasteiger partial charge in [0.25, 0.3) is 0 Å². The molecular formula is C11H13F2NO5S. The third-order valence-corrected chi connectivity index (χ3v) is 3.95. The number of rotatable bonds is 6. The monoisotopic (exact) mass is 309 g/mol. The van der Waals surface area contributed by atoms with Crippen LogP contribution in [0.4, 0.5) is 14.5 Å². The number of sulfone groups is 1. The van der Waals surface area contributed by atoms with E-state index < -0.39 is 38.6 Å². The molecule has 0 aliphatic rings. The van der Waals surface area contributed by atoms with Crippen molar-refractivity contribution >= 4 is 21.5 Å². The number of carboxylic acid groups (broad SMARTS) is 1. The second kappa shape index (κ2) is 5.71. The molecule has 0 spiro atoms. The average Bonchev–Trinajstić information content (AvgIpc) is 2.36. The van der Waals surface area contributed by atoms with E-state index in [2.05, 4.69) is 5.32 Å². The van der Waals surface area contributed by atoms with Gasteiger partial charge in [-0.2, -0.15) is 8.78 Å². The lowest BCUT2D eigenvalue weighted by atomic mass is 10.1. The number of anilines is 1. The van der Waals surface area contributed by atoms with Crippen LogP contribution in [-0.2, 0) is 14.6 Å².